The van der Waals surface area contributed by atoms with Crippen molar-refractivity contribution in [3.8, 4) is 0 Å². The topological polar surface area (TPSA) is 15.3 Å². The second-order valence-electron chi connectivity index (χ2n) is 6.22. The van der Waals surface area contributed by atoms with Crippen LogP contribution in [0.1, 0.15) is 45.6 Å². The normalized spacial score (nSPS) is 18.3. The minimum atomic E-state index is 0.522. The van der Waals surface area contributed by atoms with E-state index in [1.807, 2.05) is 0 Å². The van der Waals surface area contributed by atoms with Gasteiger partial charge in [0.1, 0.15) is 0 Å². The number of nitrogens with zero attached hydrogens (tertiary/aromatic N) is 1. The summed E-state index contributed by atoms with van der Waals surface area (Å²) in [6.07, 6.45) is 3.80. The molecule has 112 valence electrons. The summed E-state index contributed by atoms with van der Waals surface area (Å²) >= 11 is 6.48. The van der Waals surface area contributed by atoms with E-state index in [9.17, 15) is 0 Å². The molecular weight excluding hydrogens is 268 g/mol. The molecule has 1 aromatic carbocycles. The first-order valence-electron chi connectivity index (χ1n) is 7.82. The maximum absolute atomic E-state index is 6.48. The van der Waals surface area contributed by atoms with E-state index in [-0.39, 0.29) is 0 Å². The molecule has 0 saturated carbocycles. The minimum absolute atomic E-state index is 0.522. The number of rotatable bonds is 5. The average Bonchev–Trinajstić information content (AvgIpc) is 2.46. The van der Waals surface area contributed by atoms with E-state index in [0.717, 1.165) is 31.2 Å². The first-order chi connectivity index (χ1) is 9.58. The molecule has 1 aliphatic heterocycles. The number of benzene rings is 1. The lowest BCUT2D eigenvalue weighted by Crippen LogP contribution is -2.38. The molecule has 0 bridgehead atoms. The van der Waals surface area contributed by atoms with Crippen LogP contribution in [0.2, 0.25) is 5.02 Å². The second-order valence-corrected chi connectivity index (χ2v) is 6.62. The first kappa shape index (κ1) is 15.7. The predicted octanol–water partition coefficient (Wildman–Crippen LogP) is 4.47. The largest absolute Gasteiger partial charge is 0.370 e. The van der Waals surface area contributed by atoms with Gasteiger partial charge in [0.05, 0.1) is 10.7 Å². The Morgan fingerprint density at radius 2 is 1.95 bits per heavy atom. The second kappa shape index (κ2) is 6.82. The number of hydrogen-bond donors (Lipinski definition) is 1. The van der Waals surface area contributed by atoms with Gasteiger partial charge in [-0.2, -0.15) is 0 Å². The highest BCUT2D eigenvalue weighted by Crippen LogP contribution is 2.37. The van der Waals surface area contributed by atoms with Gasteiger partial charge in [-0.05, 0) is 42.5 Å². The molecule has 0 aliphatic carbocycles. The maximum atomic E-state index is 6.48. The Morgan fingerprint density at radius 3 is 2.50 bits per heavy atom. The van der Waals surface area contributed by atoms with Gasteiger partial charge in [0.2, 0.25) is 0 Å². The third kappa shape index (κ3) is 3.67. The van der Waals surface area contributed by atoms with Crippen molar-refractivity contribution >= 4 is 17.3 Å². The van der Waals surface area contributed by atoms with Crippen LogP contribution < -0.4 is 10.2 Å². The highest BCUT2D eigenvalue weighted by molar-refractivity contribution is 6.33. The SMILES string of the molecule is CCNCc1ccc(N2CCC(C)(CC)CC2)c(Cl)c1. The fourth-order valence-electron chi connectivity index (χ4n) is 2.83. The summed E-state index contributed by atoms with van der Waals surface area (Å²) in [5.41, 5.74) is 2.98. The van der Waals surface area contributed by atoms with Gasteiger partial charge in [-0.15, -0.1) is 0 Å². The molecule has 3 heteroatoms. The molecule has 2 rings (SSSR count). The molecule has 1 fully saturated rings. The zero-order valence-electron chi connectivity index (χ0n) is 13.0. The highest BCUT2D eigenvalue weighted by Gasteiger charge is 2.28. The van der Waals surface area contributed by atoms with Crippen molar-refractivity contribution < 1.29 is 0 Å². The molecule has 1 aromatic rings. The zero-order chi connectivity index (χ0) is 14.6. The summed E-state index contributed by atoms with van der Waals surface area (Å²) < 4.78 is 0. The molecule has 1 heterocycles. The van der Waals surface area contributed by atoms with E-state index in [1.165, 1.54) is 30.5 Å². The Balaban J connectivity index is 2.03. The van der Waals surface area contributed by atoms with Crippen molar-refractivity contribution in [1.82, 2.24) is 5.32 Å². The molecule has 0 unspecified atom stereocenters. The van der Waals surface area contributed by atoms with Gasteiger partial charge in [-0.3, -0.25) is 0 Å². The van der Waals surface area contributed by atoms with Crippen LogP contribution in [0, 0.1) is 5.41 Å². The van der Waals surface area contributed by atoms with Crippen LogP contribution in [0.25, 0.3) is 0 Å². The summed E-state index contributed by atoms with van der Waals surface area (Å²) in [6.45, 7) is 11.0. The van der Waals surface area contributed by atoms with Gasteiger partial charge in [-0.1, -0.05) is 44.9 Å². The summed E-state index contributed by atoms with van der Waals surface area (Å²) in [5, 5.41) is 4.23. The van der Waals surface area contributed by atoms with Gasteiger partial charge < -0.3 is 10.2 Å². The van der Waals surface area contributed by atoms with Crippen LogP contribution in [0.15, 0.2) is 18.2 Å². The molecule has 2 nitrogen and oxygen atoms in total. The minimum Gasteiger partial charge on any atom is -0.370 e. The lowest BCUT2D eigenvalue weighted by molar-refractivity contribution is 0.238. The van der Waals surface area contributed by atoms with Crippen LogP contribution in [-0.2, 0) is 6.54 Å². The van der Waals surface area contributed by atoms with Gasteiger partial charge in [0.25, 0.3) is 0 Å². The molecule has 1 N–H and O–H groups in total. The van der Waals surface area contributed by atoms with E-state index >= 15 is 0 Å². The Morgan fingerprint density at radius 1 is 1.25 bits per heavy atom. The Labute approximate surface area is 128 Å². The van der Waals surface area contributed by atoms with Crippen LogP contribution >= 0.6 is 11.6 Å². The Bertz CT molecular complexity index is 437. The molecule has 1 aliphatic rings. The van der Waals surface area contributed by atoms with Crippen molar-refractivity contribution in [3.05, 3.63) is 28.8 Å². The molecular formula is C17H27ClN2. The Hall–Kier alpha value is -0.730. The smallest absolute Gasteiger partial charge is 0.0642 e. The van der Waals surface area contributed by atoms with E-state index < -0.39 is 0 Å². The quantitative estimate of drug-likeness (QED) is 0.862. The molecule has 1 saturated heterocycles. The number of nitrogens with one attached hydrogen (secondary N) is 1. The summed E-state index contributed by atoms with van der Waals surface area (Å²) in [6, 6.07) is 6.48. The molecule has 0 atom stereocenters. The Kier molecular flexibility index (Phi) is 5.34. The van der Waals surface area contributed by atoms with Crippen molar-refractivity contribution in [2.45, 2.75) is 46.6 Å². The fourth-order valence-corrected chi connectivity index (χ4v) is 3.15. The summed E-state index contributed by atoms with van der Waals surface area (Å²) in [4.78, 5) is 2.44. The van der Waals surface area contributed by atoms with Crippen LogP contribution in [0.5, 0.6) is 0 Å². The highest BCUT2D eigenvalue weighted by atomic mass is 35.5. The van der Waals surface area contributed by atoms with Crippen LogP contribution in [0.3, 0.4) is 0 Å². The standard InChI is InChI=1S/C17H27ClN2/c1-4-17(3)8-10-20(11-9-17)16-7-6-14(12-15(16)18)13-19-5-2/h6-7,12,19H,4-5,8-11,13H2,1-3H3. The van der Waals surface area contributed by atoms with Gasteiger partial charge in [0, 0.05) is 19.6 Å². The van der Waals surface area contributed by atoms with Crippen molar-refractivity contribution in [3.63, 3.8) is 0 Å². The van der Waals surface area contributed by atoms with Crippen molar-refractivity contribution in [2.24, 2.45) is 5.41 Å². The van der Waals surface area contributed by atoms with E-state index in [0.29, 0.717) is 5.41 Å². The van der Waals surface area contributed by atoms with Gasteiger partial charge in [0.15, 0.2) is 0 Å². The molecule has 20 heavy (non-hydrogen) atoms. The number of halogens is 1. The first-order valence-corrected chi connectivity index (χ1v) is 8.20. The molecule has 0 radical (unpaired) electrons. The van der Waals surface area contributed by atoms with E-state index in [1.54, 1.807) is 0 Å². The number of anilines is 1. The zero-order valence-corrected chi connectivity index (χ0v) is 13.8. The molecule has 0 amide bonds. The lowest BCUT2D eigenvalue weighted by Gasteiger charge is -2.40. The van der Waals surface area contributed by atoms with Crippen LogP contribution in [-0.4, -0.2) is 19.6 Å². The number of hydrogen-bond acceptors (Lipinski definition) is 2. The van der Waals surface area contributed by atoms with Gasteiger partial charge >= 0.3 is 0 Å². The molecule has 0 spiro atoms. The van der Waals surface area contributed by atoms with Crippen molar-refractivity contribution in [1.29, 1.82) is 0 Å². The summed E-state index contributed by atoms with van der Waals surface area (Å²) in [5.74, 6) is 0. The third-order valence-electron chi connectivity index (χ3n) is 4.76. The van der Waals surface area contributed by atoms with E-state index in [4.69, 9.17) is 11.6 Å². The van der Waals surface area contributed by atoms with Crippen LogP contribution in [0.4, 0.5) is 5.69 Å². The maximum Gasteiger partial charge on any atom is 0.0642 e. The lowest BCUT2D eigenvalue weighted by atomic mass is 9.78. The van der Waals surface area contributed by atoms with E-state index in [2.05, 4.69) is 49.2 Å². The summed E-state index contributed by atoms with van der Waals surface area (Å²) in [7, 11) is 0. The fraction of sp³-hybridized carbons (Fsp3) is 0.647. The van der Waals surface area contributed by atoms with Crippen molar-refractivity contribution in [2.75, 3.05) is 24.5 Å². The molecule has 0 aromatic heterocycles. The third-order valence-corrected chi connectivity index (χ3v) is 5.06. The average molecular weight is 295 g/mol. The monoisotopic (exact) mass is 294 g/mol. The predicted molar refractivity (Wildman–Crippen MR) is 88.7 cm³/mol. The van der Waals surface area contributed by atoms with Gasteiger partial charge in [-0.25, -0.2) is 0 Å². The number of piperidine rings is 1.